The van der Waals surface area contributed by atoms with Crippen LogP contribution in [0.25, 0.3) is 0 Å². The molecule has 1 aromatic rings. The lowest BCUT2D eigenvalue weighted by molar-refractivity contribution is -0.139. The highest BCUT2D eigenvalue weighted by Crippen LogP contribution is 2.38. The third-order valence-corrected chi connectivity index (χ3v) is 4.22. The van der Waals surface area contributed by atoms with Gasteiger partial charge in [-0.2, -0.15) is 0 Å². The summed E-state index contributed by atoms with van der Waals surface area (Å²) in [5.74, 6) is -1.99. The number of carbonyl (C=O) groups is 2. The summed E-state index contributed by atoms with van der Waals surface area (Å²) in [6.45, 7) is 2.53. The number of hydrogen-bond acceptors (Lipinski definition) is 3. The van der Waals surface area contributed by atoms with Crippen LogP contribution in [0.5, 0.6) is 0 Å². The molecule has 19 heavy (non-hydrogen) atoms. The van der Waals surface area contributed by atoms with E-state index >= 15 is 0 Å². The Balaban J connectivity index is 1.91. The summed E-state index contributed by atoms with van der Waals surface area (Å²) in [6.07, 6.45) is 2.29. The number of Topliss-reactive ketones (excluding diaryl/α,β-unsaturated/α-hetero) is 1. The molecule has 1 aromatic carbocycles. The van der Waals surface area contributed by atoms with E-state index in [4.69, 9.17) is 0 Å². The fourth-order valence-electron chi connectivity index (χ4n) is 3.30. The van der Waals surface area contributed by atoms with Gasteiger partial charge >= 0.3 is 5.97 Å². The van der Waals surface area contributed by atoms with E-state index in [0.717, 1.165) is 25.9 Å². The Labute approximate surface area is 112 Å². The van der Waals surface area contributed by atoms with Crippen LogP contribution >= 0.6 is 0 Å². The molecule has 1 N–H and O–H groups in total. The fourth-order valence-corrected chi connectivity index (χ4v) is 3.30. The first kappa shape index (κ1) is 12.4. The van der Waals surface area contributed by atoms with Gasteiger partial charge in [0.15, 0.2) is 5.78 Å². The van der Waals surface area contributed by atoms with Crippen LogP contribution in [-0.4, -0.2) is 41.4 Å². The van der Waals surface area contributed by atoms with Crippen LogP contribution in [0, 0.1) is 5.92 Å². The van der Waals surface area contributed by atoms with E-state index in [1.165, 1.54) is 0 Å². The summed E-state index contributed by atoms with van der Waals surface area (Å²) in [4.78, 5) is 26.1. The van der Waals surface area contributed by atoms with E-state index in [-0.39, 0.29) is 5.78 Å². The Hall–Kier alpha value is -1.68. The topological polar surface area (TPSA) is 57.6 Å². The van der Waals surface area contributed by atoms with Gasteiger partial charge in [0.25, 0.3) is 0 Å². The van der Waals surface area contributed by atoms with Gasteiger partial charge in [0.2, 0.25) is 0 Å². The second-order valence-electron chi connectivity index (χ2n) is 5.38. The monoisotopic (exact) mass is 259 g/mol. The van der Waals surface area contributed by atoms with Gasteiger partial charge < -0.3 is 10.0 Å². The number of carboxylic acid groups (broad SMARTS) is 1. The van der Waals surface area contributed by atoms with E-state index in [0.29, 0.717) is 17.7 Å². The molecule has 0 amide bonds. The fraction of sp³-hybridized carbons (Fsp3) is 0.467. The second-order valence-corrected chi connectivity index (χ2v) is 5.38. The molecule has 4 heteroatoms. The molecular formula is C15H17NO3. The quantitative estimate of drug-likeness (QED) is 0.898. The predicted octanol–water partition coefficient (Wildman–Crippen LogP) is 1.76. The van der Waals surface area contributed by atoms with E-state index in [1.807, 2.05) is 0 Å². The molecule has 0 aromatic heterocycles. The van der Waals surface area contributed by atoms with Crippen LogP contribution in [0.4, 0.5) is 0 Å². The number of rotatable bonds is 3. The highest BCUT2D eigenvalue weighted by molar-refractivity contribution is 6.07. The number of hydrogen-bond donors (Lipinski definition) is 1. The molecule has 2 unspecified atom stereocenters. The standard InChI is InChI=1S/C15H17NO3/c17-14-11-6-2-1-5-10(11)13(15(18)19)12(14)9-16-7-3-4-8-16/h1-2,5-6,12-13H,3-4,7-9H2,(H,18,19). The molecule has 2 atom stereocenters. The molecule has 0 spiro atoms. The smallest absolute Gasteiger partial charge is 0.311 e. The summed E-state index contributed by atoms with van der Waals surface area (Å²) >= 11 is 0. The Morgan fingerprint density at radius 2 is 1.95 bits per heavy atom. The molecule has 4 nitrogen and oxygen atoms in total. The van der Waals surface area contributed by atoms with Gasteiger partial charge in [0.05, 0.1) is 11.8 Å². The van der Waals surface area contributed by atoms with Crippen molar-refractivity contribution in [3.05, 3.63) is 35.4 Å². The average molecular weight is 259 g/mol. The number of carboxylic acids is 1. The molecule has 3 rings (SSSR count). The molecule has 2 aliphatic rings. The summed E-state index contributed by atoms with van der Waals surface area (Å²) in [7, 11) is 0. The lowest BCUT2D eigenvalue weighted by Gasteiger charge is -2.22. The van der Waals surface area contributed by atoms with Crippen LogP contribution in [0.15, 0.2) is 24.3 Å². The summed E-state index contributed by atoms with van der Waals surface area (Å²) in [5.41, 5.74) is 1.28. The number of aliphatic carboxylic acids is 1. The van der Waals surface area contributed by atoms with E-state index in [2.05, 4.69) is 4.90 Å². The predicted molar refractivity (Wildman–Crippen MR) is 70.3 cm³/mol. The third kappa shape index (κ3) is 2.06. The first-order valence-electron chi connectivity index (χ1n) is 6.77. The molecule has 100 valence electrons. The van der Waals surface area contributed by atoms with Crippen molar-refractivity contribution in [3.63, 3.8) is 0 Å². The maximum absolute atomic E-state index is 12.4. The van der Waals surface area contributed by atoms with E-state index in [1.54, 1.807) is 24.3 Å². The van der Waals surface area contributed by atoms with Crippen molar-refractivity contribution in [3.8, 4) is 0 Å². The Bertz CT molecular complexity index is 520. The molecule has 1 heterocycles. The largest absolute Gasteiger partial charge is 0.481 e. The summed E-state index contributed by atoms with van der Waals surface area (Å²) in [6, 6.07) is 7.13. The molecule has 1 saturated heterocycles. The van der Waals surface area contributed by atoms with Crippen LogP contribution < -0.4 is 0 Å². The minimum Gasteiger partial charge on any atom is -0.481 e. The molecule has 1 aliphatic heterocycles. The third-order valence-electron chi connectivity index (χ3n) is 4.22. The highest BCUT2D eigenvalue weighted by atomic mass is 16.4. The minimum absolute atomic E-state index is 0.00472. The van der Waals surface area contributed by atoms with Crippen LogP contribution in [-0.2, 0) is 4.79 Å². The Morgan fingerprint density at radius 1 is 1.26 bits per heavy atom. The molecular weight excluding hydrogens is 242 g/mol. The van der Waals surface area contributed by atoms with E-state index in [9.17, 15) is 14.7 Å². The van der Waals surface area contributed by atoms with Crippen molar-refractivity contribution in [2.75, 3.05) is 19.6 Å². The van der Waals surface area contributed by atoms with Crippen molar-refractivity contribution in [2.45, 2.75) is 18.8 Å². The number of carbonyl (C=O) groups excluding carboxylic acids is 1. The zero-order valence-electron chi connectivity index (χ0n) is 10.7. The summed E-state index contributed by atoms with van der Waals surface area (Å²) < 4.78 is 0. The van der Waals surface area contributed by atoms with Crippen molar-refractivity contribution < 1.29 is 14.7 Å². The van der Waals surface area contributed by atoms with Crippen LogP contribution in [0.3, 0.4) is 0 Å². The van der Waals surface area contributed by atoms with Gasteiger partial charge in [0, 0.05) is 12.1 Å². The maximum atomic E-state index is 12.4. The second kappa shape index (κ2) is 4.78. The SMILES string of the molecule is O=C1c2ccccc2C(C(=O)O)C1CN1CCCC1. The molecule has 0 saturated carbocycles. The number of likely N-dealkylation sites (tertiary alicyclic amines) is 1. The zero-order chi connectivity index (χ0) is 13.4. The first-order valence-corrected chi connectivity index (χ1v) is 6.77. The van der Waals surface area contributed by atoms with E-state index < -0.39 is 17.8 Å². The van der Waals surface area contributed by atoms with Gasteiger partial charge in [-0.25, -0.2) is 0 Å². The average Bonchev–Trinajstić information content (AvgIpc) is 2.98. The number of ketones is 1. The molecule has 1 aliphatic carbocycles. The van der Waals surface area contributed by atoms with Gasteiger partial charge in [-0.1, -0.05) is 24.3 Å². The van der Waals surface area contributed by atoms with Gasteiger partial charge in [-0.05, 0) is 31.5 Å². The normalized spacial score (nSPS) is 26.6. The zero-order valence-corrected chi connectivity index (χ0v) is 10.7. The molecule has 0 radical (unpaired) electrons. The Morgan fingerprint density at radius 3 is 2.63 bits per heavy atom. The number of benzene rings is 1. The molecule has 1 fully saturated rings. The maximum Gasteiger partial charge on any atom is 0.311 e. The Kier molecular flexibility index (Phi) is 3.11. The van der Waals surface area contributed by atoms with Gasteiger partial charge in [-0.15, -0.1) is 0 Å². The van der Waals surface area contributed by atoms with Crippen LogP contribution in [0.2, 0.25) is 0 Å². The van der Waals surface area contributed by atoms with Gasteiger partial charge in [0.1, 0.15) is 0 Å². The first-order chi connectivity index (χ1) is 9.18. The van der Waals surface area contributed by atoms with Crippen molar-refractivity contribution in [1.82, 2.24) is 4.90 Å². The lowest BCUT2D eigenvalue weighted by atomic mass is 9.92. The van der Waals surface area contributed by atoms with Crippen molar-refractivity contribution >= 4 is 11.8 Å². The van der Waals surface area contributed by atoms with Crippen molar-refractivity contribution in [1.29, 1.82) is 0 Å². The highest BCUT2D eigenvalue weighted by Gasteiger charge is 2.44. The number of nitrogens with zero attached hydrogens (tertiary/aromatic N) is 1. The van der Waals surface area contributed by atoms with Gasteiger partial charge in [-0.3, -0.25) is 9.59 Å². The molecule has 0 bridgehead atoms. The lowest BCUT2D eigenvalue weighted by Crippen LogP contribution is -2.33. The van der Waals surface area contributed by atoms with Crippen LogP contribution in [0.1, 0.15) is 34.7 Å². The summed E-state index contributed by atoms with van der Waals surface area (Å²) in [5, 5.41) is 9.45. The van der Waals surface area contributed by atoms with Crippen molar-refractivity contribution in [2.24, 2.45) is 5.92 Å². The minimum atomic E-state index is -0.887. The number of fused-ring (bicyclic) bond motifs is 1.